The number of rotatable bonds is 12. The molecule has 0 spiro atoms. The maximum absolute atomic E-state index is 12.7. The van der Waals surface area contributed by atoms with Gasteiger partial charge in [0.2, 0.25) is 5.91 Å². The third-order valence-corrected chi connectivity index (χ3v) is 7.52. The van der Waals surface area contributed by atoms with Gasteiger partial charge < -0.3 is 14.2 Å². The highest BCUT2D eigenvalue weighted by molar-refractivity contribution is 7.87. The maximum Gasteiger partial charge on any atom is 0.339 e. The first-order chi connectivity index (χ1) is 17.9. The lowest BCUT2D eigenvalue weighted by atomic mass is 9.87. The van der Waals surface area contributed by atoms with Gasteiger partial charge in [0.25, 0.3) is 0 Å². The van der Waals surface area contributed by atoms with Crippen LogP contribution in [0.3, 0.4) is 0 Å². The van der Waals surface area contributed by atoms with Gasteiger partial charge in [-0.15, -0.1) is 0 Å². The van der Waals surface area contributed by atoms with Gasteiger partial charge in [0.15, 0.2) is 5.78 Å². The van der Waals surface area contributed by atoms with Crippen LogP contribution in [-0.4, -0.2) is 33.3 Å². The molecule has 0 saturated heterocycles. The summed E-state index contributed by atoms with van der Waals surface area (Å²) in [4.78, 5) is 25.4. The lowest BCUT2D eigenvalue weighted by Crippen LogP contribution is -2.39. The van der Waals surface area contributed by atoms with Crippen LogP contribution in [0.15, 0.2) is 71.6 Å². The summed E-state index contributed by atoms with van der Waals surface area (Å²) in [5.74, 6) is 0.430. The van der Waals surface area contributed by atoms with Gasteiger partial charge in [-0.3, -0.25) is 9.59 Å². The minimum Gasteiger partial charge on any atom is -0.493 e. The largest absolute Gasteiger partial charge is 0.493 e. The number of amides is 1. The van der Waals surface area contributed by atoms with Crippen LogP contribution in [0.4, 0.5) is 0 Å². The van der Waals surface area contributed by atoms with E-state index in [1.807, 2.05) is 52.8 Å². The molecule has 0 fully saturated rings. The van der Waals surface area contributed by atoms with Crippen molar-refractivity contribution < 1.29 is 26.9 Å². The maximum atomic E-state index is 12.7. The van der Waals surface area contributed by atoms with Crippen molar-refractivity contribution in [2.75, 3.05) is 13.2 Å². The number of ketones is 1. The Kier molecular flexibility index (Phi) is 9.33. The second-order valence-corrected chi connectivity index (χ2v) is 11.6. The summed E-state index contributed by atoms with van der Waals surface area (Å²) in [6.07, 6.45) is 1.29. The summed E-state index contributed by atoms with van der Waals surface area (Å²) in [5.41, 5.74) is 2.80. The highest BCUT2D eigenvalue weighted by Crippen LogP contribution is 2.25. The average molecular weight is 538 g/mol. The van der Waals surface area contributed by atoms with Crippen molar-refractivity contribution in [3.05, 3.63) is 89.0 Å². The van der Waals surface area contributed by atoms with Crippen LogP contribution in [-0.2, 0) is 14.9 Å². The van der Waals surface area contributed by atoms with Crippen molar-refractivity contribution in [3.8, 4) is 11.5 Å². The summed E-state index contributed by atoms with van der Waals surface area (Å²) < 4.78 is 36.0. The summed E-state index contributed by atoms with van der Waals surface area (Å²) in [6, 6.07) is 18.2. The third kappa shape index (κ3) is 7.92. The number of Topliss-reactive ketones (excluding diaryl/α,β-unsaturated/α-hetero) is 1. The molecule has 0 unspecified atom stereocenters. The minimum absolute atomic E-state index is 0.0467. The molecule has 0 aliphatic rings. The third-order valence-electron chi connectivity index (χ3n) is 6.26. The quantitative estimate of drug-likeness (QED) is 0.184. The SMILES string of the molecule is Cc1ccc(S(=O)(=O)Oc2ccc(C(=O)CNC(=O)C(C)(C)CCCOc3cc(C)ccc3C)cc2)cc1. The van der Waals surface area contributed by atoms with E-state index < -0.39 is 15.5 Å². The van der Waals surface area contributed by atoms with Crippen molar-refractivity contribution in [1.29, 1.82) is 0 Å². The number of ether oxygens (including phenoxy) is 1. The molecule has 3 rings (SSSR count). The van der Waals surface area contributed by atoms with Crippen molar-refractivity contribution >= 4 is 21.8 Å². The zero-order chi connectivity index (χ0) is 27.9. The van der Waals surface area contributed by atoms with Crippen LogP contribution in [0.2, 0.25) is 0 Å². The van der Waals surface area contributed by atoms with Gasteiger partial charge in [0.05, 0.1) is 13.2 Å². The standard InChI is InChI=1S/C30H35NO6S/c1-21-8-15-26(16-9-21)38(34,35)37-25-13-11-24(12-14-25)27(32)20-31-29(33)30(4,5)17-6-18-36-28-19-22(2)7-10-23(28)3/h7-16,19H,6,17-18,20H2,1-5H3,(H,31,33). The lowest BCUT2D eigenvalue weighted by molar-refractivity contribution is -0.129. The fourth-order valence-corrected chi connectivity index (χ4v) is 4.68. The molecule has 0 atom stereocenters. The zero-order valence-electron chi connectivity index (χ0n) is 22.5. The zero-order valence-corrected chi connectivity index (χ0v) is 23.4. The molecule has 0 bridgehead atoms. The van der Waals surface area contributed by atoms with Crippen LogP contribution >= 0.6 is 0 Å². The van der Waals surface area contributed by atoms with Gasteiger partial charge in [0, 0.05) is 11.0 Å². The summed E-state index contributed by atoms with van der Waals surface area (Å²) in [5, 5.41) is 2.72. The molecule has 1 N–H and O–H groups in total. The van der Waals surface area contributed by atoms with Crippen LogP contribution < -0.4 is 14.2 Å². The number of hydrogen-bond acceptors (Lipinski definition) is 6. The predicted octanol–water partition coefficient (Wildman–Crippen LogP) is 5.56. The van der Waals surface area contributed by atoms with E-state index in [1.54, 1.807) is 12.1 Å². The molecule has 38 heavy (non-hydrogen) atoms. The molecule has 0 heterocycles. The monoisotopic (exact) mass is 537 g/mol. The highest BCUT2D eigenvalue weighted by Gasteiger charge is 2.27. The topological polar surface area (TPSA) is 98.8 Å². The molecule has 3 aromatic rings. The Hall–Kier alpha value is -3.65. The second-order valence-electron chi connectivity index (χ2n) is 10.1. The molecular formula is C30H35NO6S. The Morgan fingerprint density at radius 2 is 1.50 bits per heavy atom. The average Bonchev–Trinajstić information content (AvgIpc) is 2.87. The number of hydrogen-bond donors (Lipinski definition) is 1. The Morgan fingerprint density at radius 3 is 2.16 bits per heavy atom. The van der Waals surface area contributed by atoms with Crippen LogP contribution in [0.1, 0.15) is 53.7 Å². The van der Waals surface area contributed by atoms with E-state index >= 15 is 0 Å². The number of benzene rings is 3. The van der Waals surface area contributed by atoms with Crippen molar-refractivity contribution in [3.63, 3.8) is 0 Å². The van der Waals surface area contributed by atoms with Gasteiger partial charge in [-0.25, -0.2) is 0 Å². The molecule has 7 nitrogen and oxygen atoms in total. The molecule has 0 aliphatic carbocycles. The Morgan fingerprint density at radius 1 is 0.868 bits per heavy atom. The van der Waals surface area contributed by atoms with E-state index in [0.29, 0.717) is 25.0 Å². The van der Waals surface area contributed by atoms with E-state index in [-0.39, 0.29) is 28.9 Å². The van der Waals surface area contributed by atoms with Gasteiger partial charge >= 0.3 is 10.1 Å². The van der Waals surface area contributed by atoms with Crippen molar-refractivity contribution in [1.82, 2.24) is 5.32 Å². The summed E-state index contributed by atoms with van der Waals surface area (Å²) >= 11 is 0. The number of aryl methyl sites for hydroxylation is 3. The smallest absolute Gasteiger partial charge is 0.339 e. The van der Waals surface area contributed by atoms with E-state index in [0.717, 1.165) is 22.4 Å². The van der Waals surface area contributed by atoms with E-state index in [9.17, 15) is 18.0 Å². The molecule has 0 aromatic heterocycles. The molecule has 202 valence electrons. The first-order valence-electron chi connectivity index (χ1n) is 12.5. The van der Waals surface area contributed by atoms with Crippen LogP contribution in [0.25, 0.3) is 0 Å². The first-order valence-corrected chi connectivity index (χ1v) is 13.9. The molecule has 0 saturated carbocycles. The predicted molar refractivity (Wildman–Crippen MR) is 147 cm³/mol. The molecule has 0 aliphatic heterocycles. The van der Waals surface area contributed by atoms with Gasteiger partial charge in [-0.1, -0.05) is 43.7 Å². The molecule has 1 amide bonds. The minimum atomic E-state index is -3.98. The second kappa shape index (κ2) is 12.3. The van der Waals surface area contributed by atoms with E-state index in [4.69, 9.17) is 8.92 Å². The number of carbonyl (C=O) groups excluding carboxylic acids is 2. The number of nitrogens with one attached hydrogen (secondary N) is 1. The molecule has 0 radical (unpaired) electrons. The van der Waals surface area contributed by atoms with Gasteiger partial charge in [-0.05, 0) is 87.2 Å². The van der Waals surface area contributed by atoms with Crippen LogP contribution in [0, 0.1) is 26.2 Å². The Labute approximate surface area is 225 Å². The lowest BCUT2D eigenvalue weighted by Gasteiger charge is -2.23. The normalized spacial score (nSPS) is 11.6. The van der Waals surface area contributed by atoms with Crippen molar-refractivity contribution in [2.45, 2.75) is 52.4 Å². The van der Waals surface area contributed by atoms with Gasteiger partial charge in [-0.2, -0.15) is 8.42 Å². The van der Waals surface area contributed by atoms with E-state index in [2.05, 4.69) is 5.32 Å². The fraction of sp³-hybridized carbons (Fsp3) is 0.333. The molecular weight excluding hydrogens is 502 g/mol. The fourth-order valence-electron chi connectivity index (χ4n) is 3.75. The number of carbonyl (C=O) groups is 2. The first kappa shape index (κ1) is 28.9. The Balaban J connectivity index is 1.47. The van der Waals surface area contributed by atoms with E-state index in [1.165, 1.54) is 36.4 Å². The highest BCUT2D eigenvalue weighted by atomic mass is 32.2. The Bertz CT molecular complexity index is 1380. The molecule has 8 heteroatoms. The summed E-state index contributed by atoms with van der Waals surface area (Å²) in [7, 11) is -3.98. The summed E-state index contributed by atoms with van der Waals surface area (Å²) in [6.45, 7) is 9.88. The van der Waals surface area contributed by atoms with Crippen molar-refractivity contribution in [2.24, 2.45) is 5.41 Å². The van der Waals surface area contributed by atoms with Gasteiger partial charge in [0.1, 0.15) is 16.4 Å². The van der Waals surface area contributed by atoms with Crippen LogP contribution in [0.5, 0.6) is 11.5 Å². The molecule has 3 aromatic carbocycles.